The van der Waals surface area contributed by atoms with Crippen LogP contribution in [0.5, 0.6) is 0 Å². The van der Waals surface area contributed by atoms with Crippen LogP contribution in [0.1, 0.15) is 11.3 Å². The third kappa shape index (κ3) is 3.67. The largest absolute Gasteiger partial charge is 0.435 e. The van der Waals surface area contributed by atoms with Gasteiger partial charge in [-0.05, 0) is 29.6 Å². The quantitative estimate of drug-likeness (QED) is 0.359. The van der Waals surface area contributed by atoms with Crippen LogP contribution in [-0.2, 0) is 12.4 Å². The minimum absolute atomic E-state index is 0.114. The highest BCUT2D eigenvalue weighted by molar-refractivity contribution is 7.13. The summed E-state index contributed by atoms with van der Waals surface area (Å²) in [4.78, 5) is 14.3. The van der Waals surface area contributed by atoms with Crippen LogP contribution in [0.4, 0.5) is 26.3 Å². The molecule has 0 atom stereocenters. The molecule has 0 unspecified atom stereocenters. The molecule has 3 aromatic heterocycles. The lowest BCUT2D eigenvalue weighted by Crippen LogP contribution is -2.10. The average Bonchev–Trinajstić information content (AvgIpc) is 3.28. The third-order valence-electron chi connectivity index (χ3n) is 3.91. The average molecular weight is 449 g/mol. The van der Waals surface area contributed by atoms with Crippen LogP contribution in [-0.4, -0.2) is 19.9 Å². The van der Waals surface area contributed by atoms with Gasteiger partial charge in [0.05, 0.1) is 15.5 Å². The SMILES string of the molecule is FC(F)(F)c1ccc(Cl)c(-c2nc3nc(-c4cccs4)nc(C(F)(F)F)c3[nH]2)c1. The Morgan fingerprint density at radius 2 is 1.69 bits per heavy atom. The molecule has 0 fully saturated rings. The number of imidazole rings is 1. The van der Waals surface area contributed by atoms with Crippen molar-refractivity contribution in [3.8, 4) is 22.1 Å². The fourth-order valence-electron chi connectivity index (χ4n) is 2.63. The molecule has 0 saturated carbocycles. The fourth-order valence-corrected chi connectivity index (χ4v) is 3.49. The Bertz CT molecular complexity index is 1200. The van der Waals surface area contributed by atoms with Crippen molar-refractivity contribution in [2.24, 2.45) is 0 Å². The van der Waals surface area contributed by atoms with Crippen molar-refractivity contribution in [2.45, 2.75) is 12.4 Å². The molecule has 0 amide bonds. The van der Waals surface area contributed by atoms with Gasteiger partial charge in [0, 0.05) is 5.56 Å². The summed E-state index contributed by atoms with van der Waals surface area (Å²) in [5, 5.41) is 1.53. The molecule has 0 spiro atoms. The Labute approximate surface area is 167 Å². The van der Waals surface area contributed by atoms with Gasteiger partial charge in [-0.3, -0.25) is 0 Å². The van der Waals surface area contributed by atoms with Crippen molar-refractivity contribution in [1.82, 2.24) is 19.9 Å². The maximum atomic E-state index is 13.5. The number of nitrogens with one attached hydrogen (secondary N) is 1. The lowest BCUT2D eigenvalue weighted by molar-refractivity contribution is -0.140. The molecule has 0 aliphatic heterocycles. The maximum Gasteiger partial charge on any atom is 0.435 e. The predicted molar refractivity (Wildman–Crippen MR) is 95.4 cm³/mol. The number of alkyl halides is 6. The molecule has 1 N–H and O–H groups in total. The van der Waals surface area contributed by atoms with E-state index in [0.717, 1.165) is 23.5 Å². The molecule has 4 rings (SSSR count). The van der Waals surface area contributed by atoms with Gasteiger partial charge >= 0.3 is 12.4 Å². The van der Waals surface area contributed by atoms with Crippen LogP contribution >= 0.6 is 22.9 Å². The molecule has 0 aliphatic carbocycles. The minimum atomic E-state index is -4.84. The molecule has 0 bridgehead atoms. The topological polar surface area (TPSA) is 54.5 Å². The Kier molecular flexibility index (Phi) is 4.54. The molecule has 0 aliphatic rings. The Balaban J connectivity index is 1.95. The van der Waals surface area contributed by atoms with Gasteiger partial charge in [0.15, 0.2) is 17.2 Å². The first-order valence-electron chi connectivity index (χ1n) is 7.80. The van der Waals surface area contributed by atoms with E-state index in [1.807, 2.05) is 0 Å². The predicted octanol–water partition coefficient (Wildman–Crippen LogP) is 6.44. The first-order valence-corrected chi connectivity index (χ1v) is 9.06. The van der Waals surface area contributed by atoms with Gasteiger partial charge in [0.1, 0.15) is 11.3 Å². The zero-order valence-electron chi connectivity index (χ0n) is 13.9. The number of rotatable bonds is 2. The molecule has 1 aromatic carbocycles. The van der Waals surface area contributed by atoms with E-state index < -0.39 is 29.1 Å². The van der Waals surface area contributed by atoms with Gasteiger partial charge in [-0.1, -0.05) is 17.7 Å². The number of nitrogens with zero attached hydrogens (tertiary/aromatic N) is 3. The Morgan fingerprint density at radius 3 is 2.31 bits per heavy atom. The Morgan fingerprint density at radius 1 is 0.931 bits per heavy atom. The number of fused-ring (bicyclic) bond motifs is 1. The molecule has 0 radical (unpaired) electrons. The summed E-state index contributed by atoms with van der Waals surface area (Å²) in [5.74, 6) is -0.466. The van der Waals surface area contributed by atoms with E-state index in [2.05, 4.69) is 19.9 Å². The van der Waals surface area contributed by atoms with Crippen molar-refractivity contribution >= 4 is 34.1 Å². The van der Waals surface area contributed by atoms with Crippen LogP contribution in [0, 0.1) is 0 Å². The van der Waals surface area contributed by atoms with Gasteiger partial charge in [0.25, 0.3) is 0 Å². The number of hydrogen-bond acceptors (Lipinski definition) is 4. The highest BCUT2D eigenvalue weighted by Crippen LogP contribution is 2.38. The van der Waals surface area contributed by atoms with E-state index in [4.69, 9.17) is 11.6 Å². The summed E-state index contributed by atoms with van der Waals surface area (Å²) in [6, 6.07) is 5.65. The van der Waals surface area contributed by atoms with E-state index in [0.29, 0.717) is 10.9 Å². The second kappa shape index (κ2) is 6.70. The number of H-pyrrole nitrogens is 1. The molecule has 3 heterocycles. The van der Waals surface area contributed by atoms with Gasteiger partial charge in [-0.25, -0.2) is 15.0 Å². The minimum Gasteiger partial charge on any atom is -0.335 e. The van der Waals surface area contributed by atoms with E-state index in [-0.39, 0.29) is 27.9 Å². The number of hydrogen-bond donors (Lipinski definition) is 1. The zero-order valence-corrected chi connectivity index (χ0v) is 15.4. The van der Waals surface area contributed by atoms with Crippen LogP contribution in [0.3, 0.4) is 0 Å². The maximum absolute atomic E-state index is 13.5. The van der Waals surface area contributed by atoms with Crippen LogP contribution in [0.15, 0.2) is 35.7 Å². The number of aromatic nitrogens is 4. The number of thiophene rings is 1. The van der Waals surface area contributed by atoms with Crippen LogP contribution in [0.25, 0.3) is 33.3 Å². The van der Waals surface area contributed by atoms with E-state index in [9.17, 15) is 26.3 Å². The molecule has 0 saturated heterocycles. The second-order valence-electron chi connectivity index (χ2n) is 5.85. The van der Waals surface area contributed by atoms with Gasteiger partial charge in [-0.2, -0.15) is 26.3 Å². The standard InChI is InChI=1S/C17H7ClF6N4S/c18-9-4-3-7(16(19,20)21)6-8(9)13-25-11-12(17(22,23)24)26-14(28-15(11)27-13)10-2-1-5-29-10/h1-6H,(H,25,26,27,28). The molecule has 150 valence electrons. The number of aromatic amines is 1. The van der Waals surface area contributed by atoms with Crippen molar-refractivity contribution in [2.75, 3.05) is 0 Å². The summed E-state index contributed by atoms with van der Waals surface area (Å²) in [5.41, 5.74) is -3.36. The zero-order chi connectivity index (χ0) is 21.0. The summed E-state index contributed by atoms with van der Waals surface area (Å²) in [6.07, 6.45) is -9.50. The highest BCUT2D eigenvalue weighted by Gasteiger charge is 2.37. The normalized spacial score (nSPS) is 12.7. The third-order valence-corrected chi connectivity index (χ3v) is 5.11. The van der Waals surface area contributed by atoms with E-state index in [1.54, 1.807) is 17.5 Å². The molecule has 4 aromatic rings. The smallest absolute Gasteiger partial charge is 0.335 e. The monoisotopic (exact) mass is 448 g/mol. The summed E-state index contributed by atoms with van der Waals surface area (Å²) in [6.45, 7) is 0. The Hall–Kier alpha value is -2.66. The lowest BCUT2D eigenvalue weighted by atomic mass is 10.1. The van der Waals surface area contributed by atoms with Crippen molar-refractivity contribution in [3.63, 3.8) is 0 Å². The number of halogens is 7. The summed E-state index contributed by atoms with van der Waals surface area (Å²) < 4.78 is 79.6. The summed E-state index contributed by atoms with van der Waals surface area (Å²) >= 11 is 7.10. The molecule has 12 heteroatoms. The first kappa shape index (κ1) is 19.6. The molecular formula is C17H7ClF6N4S. The van der Waals surface area contributed by atoms with E-state index >= 15 is 0 Å². The van der Waals surface area contributed by atoms with Gasteiger partial charge in [-0.15, -0.1) is 11.3 Å². The van der Waals surface area contributed by atoms with Crippen molar-refractivity contribution < 1.29 is 26.3 Å². The molecular weight excluding hydrogens is 442 g/mol. The van der Waals surface area contributed by atoms with E-state index in [1.165, 1.54) is 0 Å². The van der Waals surface area contributed by atoms with Crippen LogP contribution < -0.4 is 0 Å². The highest BCUT2D eigenvalue weighted by atomic mass is 35.5. The van der Waals surface area contributed by atoms with Crippen molar-refractivity contribution in [3.05, 3.63) is 52.0 Å². The first-order chi connectivity index (χ1) is 13.5. The number of benzene rings is 1. The fraction of sp³-hybridized carbons (Fsp3) is 0.118. The lowest BCUT2D eigenvalue weighted by Gasteiger charge is -2.09. The van der Waals surface area contributed by atoms with Gasteiger partial charge < -0.3 is 4.98 Å². The second-order valence-corrected chi connectivity index (χ2v) is 7.20. The summed E-state index contributed by atoms with van der Waals surface area (Å²) in [7, 11) is 0. The molecule has 29 heavy (non-hydrogen) atoms. The van der Waals surface area contributed by atoms with Gasteiger partial charge in [0.2, 0.25) is 0 Å². The molecule has 4 nitrogen and oxygen atoms in total. The van der Waals surface area contributed by atoms with Crippen molar-refractivity contribution in [1.29, 1.82) is 0 Å². The van der Waals surface area contributed by atoms with Crippen LogP contribution in [0.2, 0.25) is 5.02 Å².